The molecule has 0 fully saturated rings. The van der Waals surface area contributed by atoms with Gasteiger partial charge in [-0.15, -0.1) is 0 Å². The van der Waals surface area contributed by atoms with Crippen LogP contribution in [0.4, 0.5) is 0 Å². The summed E-state index contributed by atoms with van der Waals surface area (Å²) in [5, 5.41) is 21.3. The molecule has 0 radical (unpaired) electrons. The maximum Gasteiger partial charge on any atom is 0.349 e. The molecule has 2 aromatic rings. The minimum absolute atomic E-state index is 0.102. The fourth-order valence-electron chi connectivity index (χ4n) is 3.52. The van der Waals surface area contributed by atoms with Crippen LogP contribution in [0.1, 0.15) is 82.4 Å². The molecule has 184 valence electrons. The number of hydrogen-bond donors (Lipinski definition) is 2. The number of ketones is 1. The van der Waals surface area contributed by atoms with Crippen LogP contribution in [-0.4, -0.2) is 34.7 Å². The van der Waals surface area contributed by atoms with Gasteiger partial charge in [-0.05, 0) is 60.6 Å². The molecule has 0 aromatic heterocycles. The first-order valence-corrected chi connectivity index (χ1v) is 11.2. The van der Waals surface area contributed by atoms with Crippen molar-refractivity contribution < 1.29 is 29.3 Å². The van der Waals surface area contributed by atoms with E-state index >= 15 is 0 Å². The van der Waals surface area contributed by atoms with Gasteiger partial charge in [0, 0.05) is 17.2 Å². The third-order valence-electron chi connectivity index (χ3n) is 5.46. The highest BCUT2D eigenvalue weighted by atomic mass is 16.6. The zero-order chi connectivity index (χ0) is 26.1. The molecule has 0 saturated carbocycles. The van der Waals surface area contributed by atoms with E-state index in [0.29, 0.717) is 0 Å². The average molecular weight is 469 g/mol. The molecule has 0 saturated heterocycles. The third-order valence-corrected chi connectivity index (χ3v) is 5.46. The van der Waals surface area contributed by atoms with Gasteiger partial charge in [-0.3, -0.25) is 4.79 Å². The summed E-state index contributed by atoms with van der Waals surface area (Å²) >= 11 is 0. The van der Waals surface area contributed by atoms with Crippen LogP contribution in [0.15, 0.2) is 36.4 Å². The molecule has 2 aromatic carbocycles. The van der Waals surface area contributed by atoms with Crippen molar-refractivity contribution in [2.24, 2.45) is 0 Å². The van der Waals surface area contributed by atoms with Gasteiger partial charge in [-0.25, -0.2) is 4.79 Å². The van der Waals surface area contributed by atoms with Crippen molar-refractivity contribution in [2.75, 3.05) is 7.11 Å². The fourth-order valence-corrected chi connectivity index (χ4v) is 3.52. The average Bonchev–Trinajstić information content (AvgIpc) is 2.70. The van der Waals surface area contributed by atoms with Gasteiger partial charge in [0.1, 0.15) is 17.2 Å². The minimum Gasteiger partial charge on any atom is -0.507 e. The molecular weight excluding hydrogens is 432 g/mol. The number of carbonyl (C=O) groups excluding carboxylic acids is 2. The summed E-state index contributed by atoms with van der Waals surface area (Å²) in [6.07, 6.45) is 3.07. The molecule has 6 heteroatoms. The number of aromatic hydroxyl groups is 2. The lowest BCUT2D eigenvalue weighted by molar-refractivity contribution is -0.156. The first-order valence-electron chi connectivity index (χ1n) is 11.2. The Morgan fingerprint density at radius 3 is 1.82 bits per heavy atom. The van der Waals surface area contributed by atoms with Crippen LogP contribution in [0.5, 0.6) is 17.2 Å². The second kappa shape index (κ2) is 9.53. The van der Waals surface area contributed by atoms with Crippen LogP contribution in [-0.2, 0) is 20.4 Å². The fraction of sp³-hybridized carbons (Fsp3) is 0.429. The highest BCUT2D eigenvalue weighted by Gasteiger charge is 2.31. The second-order valence-electron chi connectivity index (χ2n) is 10.9. The molecular formula is C28H36O6. The van der Waals surface area contributed by atoms with E-state index in [1.807, 2.05) is 53.7 Å². The Morgan fingerprint density at radius 1 is 0.853 bits per heavy atom. The van der Waals surface area contributed by atoms with Gasteiger partial charge in [0.2, 0.25) is 0 Å². The molecule has 0 heterocycles. The van der Waals surface area contributed by atoms with E-state index in [1.165, 1.54) is 31.4 Å². The van der Waals surface area contributed by atoms with Gasteiger partial charge in [0.05, 0.1) is 12.7 Å². The molecule has 6 nitrogen and oxygen atoms in total. The van der Waals surface area contributed by atoms with Gasteiger partial charge in [0.25, 0.3) is 0 Å². The number of carbonyl (C=O) groups is 2. The molecule has 2 rings (SSSR count). The lowest BCUT2D eigenvalue weighted by Crippen LogP contribution is -2.39. The highest BCUT2D eigenvalue weighted by Crippen LogP contribution is 2.40. The van der Waals surface area contributed by atoms with Crippen LogP contribution in [0, 0.1) is 0 Å². The van der Waals surface area contributed by atoms with E-state index in [9.17, 15) is 19.8 Å². The van der Waals surface area contributed by atoms with E-state index in [1.54, 1.807) is 19.9 Å². The van der Waals surface area contributed by atoms with Crippen LogP contribution in [0.25, 0.3) is 6.08 Å². The van der Waals surface area contributed by atoms with Gasteiger partial charge in [0.15, 0.2) is 11.4 Å². The Bertz CT molecular complexity index is 1080. The number of phenols is 2. The van der Waals surface area contributed by atoms with Crippen LogP contribution in [0.3, 0.4) is 0 Å². The molecule has 0 unspecified atom stereocenters. The molecule has 0 aliphatic heterocycles. The van der Waals surface area contributed by atoms with Crippen molar-refractivity contribution in [1.82, 2.24) is 0 Å². The summed E-state index contributed by atoms with van der Waals surface area (Å²) in [5.41, 5.74) is 0.648. The topological polar surface area (TPSA) is 93.1 Å². The van der Waals surface area contributed by atoms with Gasteiger partial charge >= 0.3 is 5.97 Å². The molecule has 0 amide bonds. The number of hydrogen-bond acceptors (Lipinski definition) is 6. The SMILES string of the molecule is COC(=O)C(C)(C)Oc1ccc(C(=O)/C=C/c2cc(C(C)(C)C)c(O)c(C(C)(C)C)c2)c(O)c1. The van der Waals surface area contributed by atoms with Crippen molar-refractivity contribution in [2.45, 2.75) is 71.8 Å². The van der Waals surface area contributed by atoms with E-state index < -0.39 is 11.6 Å². The van der Waals surface area contributed by atoms with E-state index in [4.69, 9.17) is 9.47 Å². The number of methoxy groups -OCH3 is 1. The second-order valence-corrected chi connectivity index (χ2v) is 10.9. The first-order chi connectivity index (χ1) is 15.5. The monoisotopic (exact) mass is 468 g/mol. The molecule has 0 aliphatic rings. The molecule has 0 atom stereocenters. The number of phenolic OH excluding ortho intramolecular Hbond substituents is 2. The summed E-state index contributed by atoms with van der Waals surface area (Å²) < 4.78 is 10.3. The Hall–Kier alpha value is -3.28. The quantitative estimate of drug-likeness (QED) is 0.311. The molecule has 0 bridgehead atoms. The minimum atomic E-state index is -1.25. The van der Waals surface area contributed by atoms with Crippen molar-refractivity contribution >= 4 is 17.8 Å². The molecule has 0 aliphatic carbocycles. The van der Waals surface area contributed by atoms with E-state index in [0.717, 1.165) is 16.7 Å². The zero-order valence-electron chi connectivity index (χ0n) is 21.6. The molecule has 2 N–H and O–H groups in total. The largest absolute Gasteiger partial charge is 0.507 e. The lowest BCUT2D eigenvalue weighted by Gasteiger charge is -2.27. The summed E-state index contributed by atoms with van der Waals surface area (Å²) in [4.78, 5) is 24.6. The highest BCUT2D eigenvalue weighted by molar-refractivity contribution is 6.08. The van der Waals surface area contributed by atoms with Crippen molar-refractivity contribution in [3.8, 4) is 17.2 Å². The van der Waals surface area contributed by atoms with Crippen LogP contribution in [0.2, 0.25) is 0 Å². The molecule has 0 spiro atoms. The molecule has 34 heavy (non-hydrogen) atoms. The first kappa shape index (κ1) is 27.0. The predicted molar refractivity (Wildman–Crippen MR) is 134 cm³/mol. The Labute approximate surface area is 202 Å². The number of allylic oxidation sites excluding steroid dienone is 1. The normalized spacial score (nSPS) is 12.6. The predicted octanol–water partition coefficient (Wildman–Crippen LogP) is 5.92. The number of ether oxygens (including phenoxy) is 2. The van der Waals surface area contributed by atoms with E-state index in [-0.39, 0.29) is 39.4 Å². The standard InChI is InChI=1S/C28H36O6/c1-26(2,3)20-14-17(15-21(24(20)31)27(4,5)6)10-13-22(29)19-12-11-18(16-23(19)30)34-28(7,8)25(32)33-9/h10-16,30-31H,1-9H3/b13-10+. The summed E-state index contributed by atoms with van der Waals surface area (Å²) in [6.45, 7) is 15.2. The van der Waals surface area contributed by atoms with Crippen molar-refractivity contribution in [3.63, 3.8) is 0 Å². The van der Waals surface area contributed by atoms with Crippen molar-refractivity contribution in [3.05, 3.63) is 58.7 Å². The number of esters is 1. The number of rotatable bonds is 6. The number of benzene rings is 2. The van der Waals surface area contributed by atoms with Crippen molar-refractivity contribution in [1.29, 1.82) is 0 Å². The Balaban J connectivity index is 2.37. The lowest BCUT2D eigenvalue weighted by atomic mass is 9.78. The zero-order valence-corrected chi connectivity index (χ0v) is 21.6. The summed E-state index contributed by atoms with van der Waals surface area (Å²) in [5.74, 6) is -0.709. The summed E-state index contributed by atoms with van der Waals surface area (Å²) in [6, 6.07) is 8.01. The maximum atomic E-state index is 12.8. The third kappa shape index (κ3) is 6.19. The van der Waals surface area contributed by atoms with Gasteiger partial charge < -0.3 is 19.7 Å². The smallest absolute Gasteiger partial charge is 0.349 e. The Kier molecular flexibility index (Phi) is 7.56. The maximum absolute atomic E-state index is 12.8. The van der Waals surface area contributed by atoms with Crippen LogP contribution >= 0.6 is 0 Å². The van der Waals surface area contributed by atoms with Gasteiger partial charge in [-0.1, -0.05) is 47.6 Å². The van der Waals surface area contributed by atoms with E-state index in [2.05, 4.69) is 0 Å². The Morgan fingerprint density at radius 2 is 1.38 bits per heavy atom. The van der Waals surface area contributed by atoms with Gasteiger partial charge in [-0.2, -0.15) is 0 Å². The summed E-state index contributed by atoms with van der Waals surface area (Å²) in [7, 11) is 1.27. The van der Waals surface area contributed by atoms with Crippen LogP contribution < -0.4 is 4.74 Å².